The smallest absolute Gasteiger partial charge is 0.251 e. The molecule has 0 bridgehead atoms. The van der Waals surface area contributed by atoms with Crippen LogP contribution in [0.1, 0.15) is 52.4 Å². The third kappa shape index (κ3) is 3.19. The first-order valence-corrected chi connectivity index (χ1v) is 7.00. The second-order valence-electron chi connectivity index (χ2n) is 5.51. The highest BCUT2D eigenvalue weighted by molar-refractivity contribution is 5.81. The Morgan fingerprint density at radius 1 is 1.12 bits per heavy atom. The number of rotatable bonds is 2. The highest BCUT2D eigenvalue weighted by Crippen LogP contribution is 2.20. The van der Waals surface area contributed by atoms with Gasteiger partial charge in [0.25, 0.3) is 5.91 Å². The fraction of sp³-hybridized carbons (Fsp3) is 0.923. The maximum atomic E-state index is 12.1. The molecule has 2 aliphatic rings. The van der Waals surface area contributed by atoms with Crippen molar-refractivity contribution in [3.8, 4) is 0 Å². The van der Waals surface area contributed by atoms with Gasteiger partial charge in [0.2, 0.25) is 0 Å². The summed E-state index contributed by atoms with van der Waals surface area (Å²) in [6, 6.07) is 0.947. The van der Waals surface area contributed by atoms with Crippen molar-refractivity contribution in [2.75, 3.05) is 6.54 Å². The van der Waals surface area contributed by atoms with Gasteiger partial charge in [-0.05, 0) is 46.1 Å². The minimum absolute atomic E-state index is 0.0186. The third-order valence-corrected chi connectivity index (χ3v) is 4.06. The molecule has 1 amide bonds. The summed E-state index contributed by atoms with van der Waals surface area (Å²) >= 11 is 0. The SMILES string of the molecule is CC1CCCC(C)N1NC(=O)[C@H]1CCCCN1. The zero-order chi connectivity index (χ0) is 12.3. The van der Waals surface area contributed by atoms with E-state index in [-0.39, 0.29) is 11.9 Å². The molecule has 98 valence electrons. The molecule has 17 heavy (non-hydrogen) atoms. The quantitative estimate of drug-likeness (QED) is 0.766. The summed E-state index contributed by atoms with van der Waals surface area (Å²) in [6.45, 7) is 5.37. The van der Waals surface area contributed by atoms with E-state index in [2.05, 4.69) is 29.6 Å². The molecular weight excluding hydrogens is 214 g/mol. The first kappa shape index (κ1) is 12.8. The van der Waals surface area contributed by atoms with Gasteiger partial charge in [-0.25, -0.2) is 5.01 Å². The van der Waals surface area contributed by atoms with E-state index < -0.39 is 0 Å². The van der Waals surface area contributed by atoms with Crippen LogP contribution in [0.3, 0.4) is 0 Å². The van der Waals surface area contributed by atoms with E-state index in [0.29, 0.717) is 12.1 Å². The largest absolute Gasteiger partial charge is 0.306 e. The Hall–Kier alpha value is -0.610. The third-order valence-electron chi connectivity index (χ3n) is 4.06. The molecule has 0 saturated carbocycles. The summed E-state index contributed by atoms with van der Waals surface area (Å²) in [4.78, 5) is 12.1. The number of carbonyl (C=O) groups excluding carboxylic acids is 1. The first-order chi connectivity index (χ1) is 8.18. The number of piperidine rings is 2. The predicted octanol–water partition coefficient (Wildman–Crippen LogP) is 1.42. The fourth-order valence-corrected chi connectivity index (χ4v) is 2.92. The zero-order valence-electron chi connectivity index (χ0n) is 11.0. The van der Waals surface area contributed by atoms with Crippen LogP contribution in [0.2, 0.25) is 0 Å². The van der Waals surface area contributed by atoms with E-state index in [4.69, 9.17) is 0 Å². The lowest BCUT2D eigenvalue weighted by Crippen LogP contribution is -2.58. The highest BCUT2D eigenvalue weighted by Gasteiger charge is 2.29. The van der Waals surface area contributed by atoms with Crippen LogP contribution in [0.4, 0.5) is 0 Å². The number of amides is 1. The first-order valence-electron chi connectivity index (χ1n) is 7.00. The molecule has 2 fully saturated rings. The Balaban J connectivity index is 1.87. The summed E-state index contributed by atoms with van der Waals surface area (Å²) < 4.78 is 0. The minimum atomic E-state index is 0.0186. The van der Waals surface area contributed by atoms with Crippen molar-refractivity contribution < 1.29 is 4.79 Å². The number of hydrazine groups is 1. The second-order valence-corrected chi connectivity index (χ2v) is 5.51. The van der Waals surface area contributed by atoms with Crippen molar-refractivity contribution in [1.29, 1.82) is 0 Å². The van der Waals surface area contributed by atoms with Crippen molar-refractivity contribution in [2.45, 2.75) is 70.5 Å². The Labute approximate surface area is 104 Å². The van der Waals surface area contributed by atoms with Gasteiger partial charge in [-0.3, -0.25) is 10.2 Å². The van der Waals surface area contributed by atoms with Crippen LogP contribution < -0.4 is 10.7 Å². The van der Waals surface area contributed by atoms with Crippen LogP contribution in [0, 0.1) is 0 Å². The summed E-state index contributed by atoms with van der Waals surface area (Å²) in [5.41, 5.74) is 3.12. The standard InChI is InChI=1S/C13H25N3O/c1-10-6-5-7-11(2)16(10)15-13(17)12-8-3-4-9-14-12/h10-12,14H,3-9H2,1-2H3,(H,15,17)/t10?,11?,12-/m1/s1. The Morgan fingerprint density at radius 3 is 2.41 bits per heavy atom. The molecule has 0 spiro atoms. The van der Waals surface area contributed by atoms with Crippen molar-refractivity contribution in [2.24, 2.45) is 0 Å². The van der Waals surface area contributed by atoms with Gasteiger partial charge in [0.05, 0.1) is 6.04 Å². The number of carbonyl (C=O) groups is 1. The van der Waals surface area contributed by atoms with Gasteiger partial charge in [0.15, 0.2) is 0 Å². The maximum absolute atomic E-state index is 12.1. The van der Waals surface area contributed by atoms with Crippen LogP contribution in [0.15, 0.2) is 0 Å². The molecule has 0 aromatic rings. The average Bonchev–Trinajstić information content (AvgIpc) is 2.35. The topological polar surface area (TPSA) is 44.4 Å². The van der Waals surface area contributed by atoms with Gasteiger partial charge >= 0.3 is 0 Å². The number of nitrogens with one attached hydrogen (secondary N) is 2. The molecule has 4 heteroatoms. The van der Waals surface area contributed by atoms with Crippen LogP contribution in [0.5, 0.6) is 0 Å². The van der Waals surface area contributed by atoms with Gasteiger partial charge < -0.3 is 5.32 Å². The molecule has 2 saturated heterocycles. The lowest BCUT2D eigenvalue weighted by atomic mass is 9.99. The van der Waals surface area contributed by atoms with Crippen LogP contribution >= 0.6 is 0 Å². The monoisotopic (exact) mass is 239 g/mol. The van der Waals surface area contributed by atoms with E-state index in [1.54, 1.807) is 0 Å². The molecule has 0 aromatic carbocycles. The van der Waals surface area contributed by atoms with E-state index >= 15 is 0 Å². The van der Waals surface area contributed by atoms with E-state index in [1.807, 2.05) is 0 Å². The number of nitrogens with zero attached hydrogens (tertiary/aromatic N) is 1. The van der Waals surface area contributed by atoms with E-state index in [1.165, 1.54) is 25.7 Å². The molecule has 2 unspecified atom stereocenters. The normalized spacial score (nSPS) is 35.5. The van der Waals surface area contributed by atoms with Crippen molar-refractivity contribution in [1.82, 2.24) is 15.8 Å². The van der Waals surface area contributed by atoms with Crippen molar-refractivity contribution >= 4 is 5.91 Å². The number of hydrogen-bond acceptors (Lipinski definition) is 3. The molecular formula is C13H25N3O. The Bertz CT molecular complexity index is 253. The highest BCUT2D eigenvalue weighted by atomic mass is 16.2. The molecule has 2 N–H and O–H groups in total. The van der Waals surface area contributed by atoms with Gasteiger partial charge in [-0.15, -0.1) is 0 Å². The maximum Gasteiger partial charge on any atom is 0.251 e. The Kier molecular flexibility index (Phi) is 4.40. The van der Waals surface area contributed by atoms with Crippen LogP contribution in [0.25, 0.3) is 0 Å². The number of hydrogen-bond donors (Lipinski definition) is 2. The lowest BCUT2D eigenvalue weighted by molar-refractivity contribution is -0.132. The van der Waals surface area contributed by atoms with E-state index in [9.17, 15) is 4.79 Å². The predicted molar refractivity (Wildman–Crippen MR) is 68.4 cm³/mol. The molecule has 3 atom stereocenters. The van der Waals surface area contributed by atoms with Crippen LogP contribution in [-0.4, -0.2) is 35.6 Å². The summed E-state index contributed by atoms with van der Waals surface area (Å²) in [6.07, 6.45) is 6.97. The van der Waals surface area contributed by atoms with Crippen molar-refractivity contribution in [3.05, 3.63) is 0 Å². The molecule has 0 aromatic heterocycles. The fourth-order valence-electron chi connectivity index (χ4n) is 2.92. The summed E-state index contributed by atoms with van der Waals surface area (Å²) in [7, 11) is 0. The Morgan fingerprint density at radius 2 is 1.82 bits per heavy atom. The van der Waals surface area contributed by atoms with Crippen LogP contribution in [-0.2, 0) is 4.79 Å². The molecule has 2 rings (SSSR count). The molecule has 4 nitrogen and oxygen atoms in total. The minimum Gasteiger partial charge on any atom is -0.306 e. The average molecular weight is 239 g/mol. The molecule has 0 radical (unpaired) electrons. The van der Waals surface area contributed by atoms with Gasteiger partial charge in [-0.2, -0.15) is 0 Å². The lowest BCUT2D eigenvalue weighted by Gasteiger charge is -2.39. The second kappa shape index (κ2) is 5.83. The summed E-state index contributed by atoms with van der Waals surface area (Å²) in [5.74, 6) is 0.158. The molecule has 0 aliphatic carbocycles. The molecule has 2 aliphatic heterocycles. The van der Waals surface area contributed by atoms with Gasteiger partial charge in [0.1, 0.15) is 0 Å². The molecule has 2 heterocycles. The van der Waals surface area contributed by atoms with E-state index in [0.717, 1.165) is 19.4 Å². The van der Waals surface area contributed by atoms with Gasteiger partial charge in [-0.1, -0.05) is 12.8 Å². The van der Waals surface area contributed by atoms with Gasteiger partial charge in [0, 0.05) is 12.1 Å². The zero-order valence-corrected chi connectivity index (χ0v) is 11.0. The summed E-state index contributed by atoms with van der Waals surface area (Å²) in [5, 5.41) is 5.45. The van der Waals surface area contributed by atoms with Crippen molar-refractivity contribution in [3.63, 3.8) is 0 Å².